The van der Waals surface area contributed by atoms with Crippen LogP contribution in [0.4, 0.5) is 14.4 Å². The number of hydrogen-bond donors (Lipinski definition) is 4. The van der Waals surface area contributed by atoms with E-state index in [1.807, 2.05) is 104 Å². The zero-order chi connectivity index (χ0) is 67.8. The Labute approximate surface area is 542 Å². The number of nitrogens with zero attached hydrogens (tertiary/aromatic N) is 3. The van der Waals surface area contributed by atoms with E-state index in [9.17, 15) is 28.8 Å². The number of amides is 3. The van der Waals surface area contributed by atoms with Gasteiger partial charge in [-0.25, -0.2) is 14.4 Å². The van der Waals surface area contributed by atoms with Crippen molar-refractivity contribution in [3.8, 4) is 17.2 Å². The van der Waals surface area contributed by atoms with Crippen LogP contribution in [0.3, 0.4) is 0 Å². The Bertz CT molecular complexity index is 2520. The van der Waals surface area contributed by atoms with Gasteiger partial charge in [0.05, 0.1) is 46.7 Å². The maximum atomic E-state index is 12.1. The molecule has 0 aromatic heterocycles. The molecular weight excluding hydrogens is 1170 g/mol. The molecule has 0 saturated carbocycles. The number of ether oxygens (including phenoxy) is 8. The first kappa shape index (κ1) is 80.3. The monoisotopic (exact) mass is 1280 g/mol. The molecule has 514 valence electrons. The lowest BCUT2D eigenvalue weighted by atomic mass is 9.92. The summed E-state index contributed by atoms with van der Waals surface area (Å²) < 4.78 is 41.9. The van der Waals surface area contributed by atoms with Crippen molar-refractivity contribution in [3.05, 3.63) is 89.5 Å². The summed E-state index contributed by atoms with van der Waals surface area (Å²) in [5, 5.41) is 33.7. The van der Waals surface area contributed by atoms with Gasteiger partial charge in [-0.15, -0.1) is 0 Å². The third-order valence-electron chi connectivity index (χ3n) is 14.7. The maximum Gasteiger partial charge on any atom is 0.410 e. The number of aliphatic hydroxyl groups is 2. The highest BCUT2D eigenvalue weighted by Gasteiger charge is 2.29. The molecule has 0 spiro atoms. The van der Waals surface area contributed by atoms with Gasteiger partial charge in [0.25, 0.3) is 0 Å². The Morgan fingerprint density at radius 2 is 0.824 bits per heavy atom. The number of phenols is 1. The largest absolute Gasteiger partial charge is 0.508 e. The Kier molecular flexibility index (Phi) is 38.7. The first-order chi connectivity index (χ1) is 43.1. The fourth-order valence-corrected chi connectivity index (χ4v) is 10.0. The van der Waals surface area contributed by atoms with Gasteiger partial charge in [0, 0.05) is 66.2 Å². The normalized spacial score (nSPS) is 15.3. The number of aliphatic hydroxyl groups excluding tert-OH is 2. The number of piperidine rings is 3. The molecule has 4 saturated heterocycles. The zero-order valence-electron chi connectivity index (χ0n) is 56.8. The number of carboxylic acids is 1. The zero-order valence-corrected chi connectivity index (χ0v) is 56.8. The number of methoxy groups -OCH3 is 2. The van der Waals surface area contributed by atoms with Crippen LogP contribution in [0, 0.1) is 17.8 Å². The van der Waals surface area contributed by atoms with Crippen molar-refractivity contribution in [3.63, 3.8) is 0 Å². The van der Waals surface area contributed by atoms with Crippen molar-refractivity contribution < 1.29 is 87.1 Å². The minimum atomic E-state index is -0.843. The Morgan fingerprint density at radius 1 is 0.495 bits per heavy atom. The third-order valence-corrected chi connectivity index (χ3v) is 14.7. The van der Waals surface area contributed by atoms with Gasteiger partial charge in [-0.3, -0.25) is 14.4 Å². The van der Waals surface area contributed by atoms with Gasteiger partial charge in [0.1, 0.15) is 34.1 Å². The van der Waals surface area contributed by atoms with Crippen LogP contribution in [0.25, 0.3) is 0 Å². The third kappa shape index (κ3) is 38.6. The molecule has 0 radical (unpaired) electrons. The lowest BCUT2D eigenvalue weighted by Crippen LogP contribution is -2.41. The number of rotatable bonds is 19. The topological polar surface area (TPSA) is 267 Å². The van der Waals surface area contributed by atoms with E-state index in [-0.39, 0.29) is 61.8 Å². The smallest absolute Gasteiger partial charge is 0.410 e. The highest BCUT2D eigenvalue weighted by Crippen LogP contribution is 2.27. The minimum absolute atomic E-state index is 0.00736. The minimum Gasteiger partial charge on any atom is -0.508 e. The standard InChI is InChI=1S/C22H33NO5.C21H31NO5.C13H25NO3.C9H10O3.C4H8O.CH4O/c1-22(2,3)28-21(25)23-12-10-17(11-13-23)8-6-14-27-19-9-5-7-18(15-19)16-20(24)26-4;1-21(2,3)27-20(25)22-11-9-16(10-12-22)7-5-13-26-18-8-4-6-17(14-18)15-19(23)24;1-13(2,3)17-12(16)14-8-6-11(7-9-14)5-4-10-15;1-12-9(11)6-7-3-2-4-8(10)5-7;1-2-4-5-3-1;1-2/h5,7,9,15,17H,6,8,10-14,16H2,1-4H3;4,6,8,14,16H,5,7,9-13,15H2,1-3H3,(H,23,24);11,15H,4-10H2,1-3H3;2-5,10H,6H2,1H3;1-4H2;2H,1H3. The molecule has 0 aliphatic carbocycles. The SMILES string of the molecule is C1CCOC1.CC(C)(C)OC(=O)N1CCC(CCCO)CC1.CC(C)(C)OC(=O)N1CCC(CCCOc2cccc(CC(=O)O)c2)CC1.CO.COC(=O)Cc1cccc(O)c1.COC(=O)Cc1cccc(OCCCC2CCN(C(=O)OC(C)(C)C)CC2)c1. The van der Waals surface area contributed by atoms with Crippen LogP contribution < -0.4 is 9.47 Å². The van der Waals surface area contributed by atoms with Crippen molar-refractivity contribution in [2.75, 3.05) is 93.6 Å². The summed E-state index contributed by atoms with van der Waals surface area (Å²) in [5.41, 5.74) is 1.08. The van der Waals surface area contributed by atoms with E-state index in [0.717, 1.165) is 159 Å². The lowest BCUT2D eigenvalue weighted by molar-refractivity contribution is -0.140. The number of aromatic hydroxyl groups is 1. The molecule has 3 aromatic carbocycles. The van der Waals surface area contributed by atoms with Crippen LogP contribution in [0.5, 0.6) is 17.2 Å². The van der Waals surface area contributed by atoms with E-state index in [1.54, 1.807) is 40.1 Å². The number of hydrogen-bond acceptors (Lipinski definition) is 17. The highest BCUT2D eigenvalue weighted by atomic mass is 16.6. The van der Waals surface area contributed by atoms with Gasteiger partial charge >= 0.3 is 36.2 Å². The first-order valence-corrected chi connectivity index (χ1v) is 32.3. The molecule has 21 nitrogen and oxygen atoms in total. The number of phenolic OH excluding ortho intramolecular Hbond substituents is 1. The fourth-order valence-electron chi connectivity index (χ4n) is 10.0. The Balaban J connectivity index is 0.000000414. The second kappa shape index (κ2) is 43.8. The molecule has 4 fully saturated rings. The molecule has 4 aliphatic rings. The summed E-state index contributed by atoms with van der Waals surface area (Å²) in [5.74, 6) is 2.13. The van der Waals surface area contributed by atoms with E-state index in [1.165, 1.54) is 33.1 Å². The van der Waals surface area contributed by atoms with Gasteiger partial charge < -0.3 is 73.0 Å². The number of carbonyl (C=O) groups excluding carboxylic acids is 5. The number of benzene rings is 3. The number of carboxylic acid groups (broad SMARTS) is 1. The number of likely N-dealkylation sites (tertiary alicyclic amines) is 3. The summed E-state index contributed by atoms with van der Waals surface area (Å²) in [4.78, 5) is 74.3. The van der Waals surface area contributed by atoms with Crippen molar-refractivity contribution in [1.29, 1.82) is 0 Å². The van der Waals surface area contributed by atoms with Gasteiger partial charge in [-0.05, 0) is 223 Å². The van der Waals surface area contributed by atoms with Crippen LogP contribution in [0.2, 0.25) is 0 Å². The molecule has 3 amide bonds. The average molecular weight is 1280 g/mol. The summed E-state index contributed by atoms with van der Waals surface area (Å²) in [6.45, 7) is 25.1. The molecule has 0 bridgehead atoms. The predicted molar refractivity (Wildman–Crippen MR) is 349 cm³/mol. The maximum absolute atomic E-state index is 12.1. The molecule has 91 heavy (non-hydrogen) atoms. The number of carbonyl (C=O) groups is 6. The number of aliphatic carboxylic acids is 1. The van der Waals surface area contributed by atoms with Crippen molar-refractivity contribution in [1.82, 2.24) is 14.7 Å². The van der Waals surface area contributed by atoms with Crippen LogP contribution in [-0.4, -0.2) is 182 Å². The van der Waals surface area contributed by atoms with E-state index < -0.39 is 22.8 Å². The summed E-state index contributed by atoms with van der Waals surface area (Å²) in [7, 11) is 3.73. The fraction of sp³-hybridized carbons (Fsp3) is 0.657. The van der Waals surface area contributed by atoms with Gasteiger partial charge in [-0.2, -0.15) is 0 Å². The van der Waals surface area contributed by atoms with E-state index in [4.69, 9.17) is 53.6 Å². The van der Waals surface area contributed by atoms with Crippen molar-refractivity contribution in [2.45, 2.75) is 188 Å². The van der Waals surface area contributed by atoms with Crippen molar-refractivity contribution in [2.24, 2.45) is 17.8 Å². The summed E-state index contributed by atoms with van der Waals surface area (Å²) in [6.07, 6.45) is 14.5. The molecule has 0 atom stereocenters. The van der Waals surface area contributed by atoms with Crippen LogP contribution in [0.1, 0.15) is 169 Å². The lowest BCUT2D eigenvalue weighted by Gasteiger charge is -2.33. The average Bonchev–Trinajstić information content (AvgIpc) is 3.35. The second-order valence-electron chi connectivity index (χ2n) is 25.9. The number of esters is 2. The molecule has 4 aliphatic heterocycles. The molecule has 0 unspecified atom stereocenters. The quantitative estimate of drug-likeness (QED) is 0.0493. The van der Waals surface area contributed by atoms with E-state index >= 15 is 0 Å². The Hall–Kier alpha value is -6.84. The summed E-state index contributed by atoms with van der Waals surface area (Å²) >= 11 is 0. The molecule has 3 aromatic rings. The second-order valence-corrected chi connectivity index (χ2v) is 25.9. The van der Waals surface area contributed by atoms with E-state index in [0.29, 0.717) is 36.7 Å². The first-order valence-electron chi connectivity index (χ1n) is 32.3. The molecular formula is C70H111N3O18. The van der Waals surface area contributed by atoms with Crippen LogP contribution >= 0.6 is 0 Å². The van der Waals surface area contributed by atoms with Crippen LogP contribution in [0.15, 0.2) is 72.8 Å². The predicted octanol–water partition coefficient (Wildman–Crippen LogP) is 12.2. The summed E-state index contributed by atoms with van der Waals surface area (Å²) in [6, 6.07) is 21.4. The van der Waals surface area contributed by atoms with E-state index in [2.05, 4.69) is 4.74 Å². The highest BCUT2D eigenvalue weighted by molar-refractivity contribution is 5.73. The Morgan fingerprint density at radius 3 is 1.12 bits per heavy atom. The molecule has 4 N–H and O–H groups in total. The van der Waals surface area contributed by atoms with Gasteiger partial charge in [-0.1, -0.05) is 36.4 Å². The van der Waals surface area contributed by atoms with Crippen LogP contribution in [-0.2, 0) is 62.1 Å². The van der Waals surface area contributed by atoms with Crippen molar-refractivity contribution >= 4 is 36.2 Å². The molecule has 7 rings (SSSR count). The molecule has 4 heterocycles. The van der Waals surface area contributed by atoms with Gasteiger partial charge in [0.2, 0.25) is 0 Å². The van der Waals surface area contributed by atoms with Gasteiger partial charge in [0.15, 0.2) is 0 Å². The molecule has 21 heteroatoms.